The highest BCUT2D eigenvalue weighted by Crippen LogP contribution is 2.41. The number of nitrogens with zero attached hydrogens (tertiary/aromatic N) is 4. The minimum absolute atomic E-state index is 0.131. The number of cyclic esters (lactones) is 1. The summed E-state index contributed by atoms with van der Waals surface area (Å²) in [5.74, 6) is -0.278. The van der Waals surface area contributed by atoms with Crippen molar-refractivity contribution in [3.8, 4) is 11.3 Å². The lowest BCUT2D eigenvalue weighted by Gasteiger charge is -2.41. The standard InChI is InChI=1S/C34H50N4O5/c1-8-29-34(7)31(26(6)30(39)25(5)18-24(4)22(2)13-14-23(3)32(40)42-29)38(33(41)43-34)17-10-9-16-37-20-28(36-21-37)27-12-11-15-35-19-27/h11-12,15,19-26,29,31H,8-10,13-14,16-18H2,1-7H3/t22?,23?,24-,25+,26?,29+,31?,34+/m0/s1. The number of Topliss-reactive ketones (excluding diaryl/α,β-unsaturated/α-hetero) is 1. The molecule has 4 heterocycles. The molecule has 2 saturated heterocycles. The molecule has 9 nitrogen and oxygen atoms in total. The van der Waals surface area contributed by atoms with Gasteiger partial charge in [0, 0.05) is 49.1 Å². The van der Waals surface area contributed by atoms with Gasteiger partial charge in [0.05, 0.1) is 24.0 Å². The number of imidazole rings is 1. The number of esters is 1. The molecular weight excluding hydrogens is 544 g/mol. The van der Waals surface area contributed by atoms with Crippen LogP contribution >= 0.6 is 0 Å². The lowest BCUT2D eigenvalue weighted by atomic mass is 9.74. The van der Waals surface area contributed by atoms with E-state index < -0.39 is 29.8 Å². The van der Waals surface area contributed by atoms with E-state index in [9.17, 15) is 14.4 Å². The smallest absolute Gasteiger partial charge is 0.410 e. The molecule has 4 unspecified atom stereocenters. The summed E-state index contributed by atoms with van der Waals surface area (Å²) in [4.78, 5) is 51.0. The average Bonchev–Trinajstić information content (AvgIpc) is 3.57. The molecule has 0 saturated carbocycles. The van der Waals surface area contributed by atoms with E-state index in [1.54, 1.807) is 17.3 Å². The Labute approximate surface area is 256 Å². The highest BCUT2D eigenvalue weighted by molar-refractivity contribution is 5.85. The normalized spacial score (nSPS) is 32.6. The van der Waals surface area contributed by atoms with E-state index in [4.69, 9.17) is 9.47 Å². The fourth-order valence-corrected chi connectivity index (χ4v) is 6.99. The lowest BCUT2D eigenvalue weighted by molar-refractivity contribution is -0.169. The molecule has 2 aromatic rings. The lowest BCUT2D eigenvalue weighted by Crippen LogP contribution is -2.57. The van der Waals surface area contributed by atoms with Crippen LogP contribution in [-0.4, -0.2) is 61.6 Å². The second-order valence-electron chi connectivity index (χ2n) is 13.2. The van der Waals surface area contributed by atoms with Gasteiger partial charge in [-0.3, -0.25) is 14.6 Å². The Kier molecular flexibility index (Phi) is 10.7. The van der Waals surface area contributed by atoms with Gasteiger partial charge in [-0.2, -0.15) is 0 Å². The summed E-state index contributed by atoms with van der Waals surface area (Å²) in [5.41, 5.74) is 0.694. The summed E-state index contributed by atoms with van der Waals surface area (Å²) < 4.78 is 14.2. The van der Waals surface area contributed by atoms with Crippen LogP contribution in [0.15, 0.2) is 37.1 Å². The summed E-state index contributed by atoms with van der Waals surface area (Å²) >= 11 is 0. The number of ketones is 1. The summed E-state index contributed by atoms with van der Waals surface area (Å²) in [6.45, 7) is 15.2. The number of rotatable bonds is 7. The molecule has 2 aliphatic rings. The predicted molar refractivity (Wildman–Crippen MR) is 165 cm³/mol. The number of aryl methyl sites for hydroxylation is 1. The molecule has 2 aliphatic heterocycles. The Morgan fingerprint density at radius 1 is 1.00 bits per heavy atom. The molecule has 0 spiro atoms. The Morgan fingerprint density at radius 2 is 1.74 bits per heavy atom. The van der Waals surface area contributed by atoms with Crippen LogP contribution in [-0.2, 0) is 25.6 Å². The zero-order valence-electron chi connectivity index (χ0n) is 27.0. The molecule has 0 aromatic carbocycles. The molecule has 9 heteroatoms. The molecule has 8 atom stereocenters. The highest BCUT2D eigenvalue weighted by atomic mass is 16.6. The molecule has 0 N–H and O–H groups in total. The first-order valence-corrected chi connectivity index (χ1v) is 16.1. The Balaban J connectivity index is 1.53. The summed E-state index contributed by atoms with van der Waals surface area (Å²) in [7, 11) is 0. The van der Waals surface area contributed by atoms with Crippen LogP contribution in [0.25, 0.3) is 11.3 Å². The topological polar surface area (TPSA) is 104 Å². The SMILES string of the molecule is CC[C@H]1OC(=O)C(C)CCC(C)[C@@H](C)C[C@@H](C)C(=O)C(C)C2N(CCCCn3cnc(-c4cccnc4)c3)C(=O)O[C@@]21C. The van der Waals surface area contributed by atoms with Crippen LogP contribution in [0.1, 0.15) is 87.0 Å². The number of unbranched alkanes of at least 4 members (excludes halogenated alkanes) is 1. The molecule has 236 valence electrons. The van der Waals surface area contributed by atoms with Gasteiger partial charge in [-0.15, -0.1) is 0 Å². The van der Waals surface area contributed by atoms with E-state index in [1.807, 2.05) is 63.8 Å². The van der Waals surface area contributed by atoms with Gasteiger partial charge in [-0.1, -0.05) is 41.5 Å². The van der Waals surface area contributed by atoms with Crippen molar-refractivity contribution in [1.29, 1.82) is 0 Å². The number of pyridine rings is 1. The van der Waals surface area contributed by atoms with E-state index in [2.05, 4.69) is 23.8 Å². The van der Waals surface area contributed by atoms with Crippen LogP contribution in [0.5, 0.6) is 0 Å². The fourth-order valence-electron chi connectivity index (χ4n) is 6.99. The monoisotopic (exact) mass is 594 g/mol. The minimum atomic E-state index is -1.14. The number of carbonyl (C=O) groups is 3. The third-order valence-electron chi connectivity index (χ3n) is 9.95. The van der Waals surface area contributed by atoms with Gasteiger partial charge in [-0.05, 0) is 69.4 Å². The average molecular weight is 595 g/mol. The van der Waals surface area contributed by atoms with Crippen molar-refractivity contribution in [1.82, 2.24) is 19.4 Å². The Morgan fingerprint density at radius 3 is 2.44 bits per heavy atom. The van der Waals surface area contributed by atoms with E-state index >= 15 is 0 Å². The minimum Gasteiger partial charge on any atom is -0.458 e. The van der Waals surface area contributed by atoms with Gasteiger partial charge in [0.2, 0.25) is 0 Å². The number of hydrogen-bond acceptors (Lipinski definition) is 7. The van der Waals surface area contributed by atoms with Gasteiger partial charge in [0.1, 0.15) is 11.9 Å². The van der Waals surface area contributed by atoms with Crippen molar-refractivity contribution >= 4 is 17.8 Å². The van der Waals surface area contributed by atoms with Gasteiger partial charge in [0.15, 0.2) is 5.60 Å². The second-order valence-corrected chi connectivity index (χ2v) is 13.2. The third-order valence-corrected chi connectivity index (χ3v) is 9.95. The molecule has 0 radical (unpaired) electrons. The first-order chi connectivity index (χ1) is 20.5. The third kappa shape index (κ3) is 7.29. The van der Waals surface area contributed by atoms with Crippen LogP contribution in [0.2, 0.25) is 0 Å². The first kappa shape index (κ1) is 32.7. The van der Waals surface area contributed by atoms with Crippen molar-refractivity contribution in [3.63, 3.8) is 0 Å². The van der Waals surface area contributed by atoms with Crippen molar-refractivity contribution in [3.05, 3.63) is 37.1 Å². The van der Waals surface area contributed by atoms with Gasteiger partial charge in [-0.25, -0.2) is 9.78 Å². The number of amides is 1. The maximum absolute atomic E-state index is 13.9. The fraction of sp³-hybridized carbons (Fsp3) is 0.676. The molecule has 2 fully saturated rings. The van der Waals surface area contributed by atoms with Crippen molar-refractivity contribution in [2.24, 2.45) is 29.6 Å². The van der Waals surface area contributed by atoms with Crippen LogP contribution in [0.4, 0.5) is 4.79 Å². The molecular formula is C34H50N4O5. The Hall–Kier alpha value is -3.23. The number of fused-ring (bicyclic) bond motifs is 1. The summed E-state index contributed by atoms with van der Waals surface area (Å²) in [6.07, 6.45) is 10.7. The van der Waals surface area contributed by atoms with Crippen LogP contribution in [0, 0.1) is 29.6 Å². The van der Waals surface area contributed by atoms with E-state index in [0.29, 0.717) is 24.8 Å². The maximum atomic E-state index is 13.9. The van der Waals surface area contributed by atoms with Gasteiger partial charge in [0.25, 0.3) is 0 Å². The number of ether oxygens (including phenoxy) is 2. The number of aromatic nitrogens is 3. The highest BCUT2D eigenvalue weighted by Gasteiger charge is 2.59. The maximum Gasteiger partial charge on any atom is 0.410 e. The Bertz CT molecular complexity index is 1250. The van der Waals surface area contributed by atoms with Crippen LogP contribution in [0.3, 0.4) is 0 Å². The van der Waals surface area contributed by atoms with Crippen LogP contribution < -0.4 is 0 Å². The summed E-state index contributed by atoms with van der Waals surface area (Å²) in [5, 5.41) is 0. The van der Waals surface area contributed by atoms with Gasteiger partial charge >= 0.3 is 12.1 Å². The quantitative estimate of drug-likeness (QED) is 0.264. The van der Waals surface area contributed by atoms with E-state index in [0.717, 1.165) is 49.9 Å². The molecule has 43 heavy (non-hydrogen) atoms. The van der Waals surface area contributed by atoms with Crippen molar-refractivity contribution in [2.45, 2.75) is 111 Å². The zero-order chi connectivity index (χ0) is 31.3. The van der Waals surface area contributed by atoms with Crippen molar-refractivity contribution < 1.29 is 23.9 Å². The van der Waals surface area contributed by atoms with Gasteiger partial charge < -0.3 is 18.9 Å². The molecule has 2 aromatic heterocycles. The molecule has 4 rings (SSSR count). The first-order valence-electron chi connectivity index (χ1n) is 16.1. The van der Waals surface area contributed by atoms with E-state index in [1.165, 1.54) is 0 Å². The predicted octanol–water partition coefficient (Wildman–Crippen LogP) is 6.56. The zero-order valence-corrected chi connectivity index (χ0v) is 27.0. The number of carbonyl (C=O) groups excluding carboxylic acids is 3. The molecule has 0 bridgehead atoms. The summed E-state index contributed by atoms with van der Waals surface area (Å²) in [6, 6.07) is 3.33. The molecule has 1 amide bonds. The second kappa shape index (κ2) is 14.0. The number of hydrogen-bond donors (Lipinski definition) is 0. The van der Waals surface area contributed by atoms with E-state index in [-0.39, 0.29) is 23.6 Å². The van der Waals surface area contributed by atoms with Crippen molar-refractivity contribution in [2.75, 3.05) is 6.54 Å². The largest absolute Gasteiger partial charge is 0.458 e. The molecule has 0 aliphatic carbocycles.